The first-order valence-corrected chi connectivity index (χ1v) is 7.81. The van der Waals surface area contributed by atoms with E-state index in [4.69, 9.17) is 4.74 Å². The van der Waals surface area contributed by atoms with Gasteiger partial charge in [0.05, 0.1) is 30.7 Å². The summed E-state index contributed by atoms with van der Waals surface area (Å²) in [4.78, 5) is 15.2. The van der Waals surface area contributed by atoms with Crippen molar-refractivity contribution in [2.75, 3.05) is 26.4 Å². The van der Waals surface area contributed by atoms with Crippen molar-refractivity contribution in [2.24, 2.45) is 0 Å². The van der Waals surface area contributed by atoms with Crippen molar-refractivity contribution in [1.29, 1.82) is 0 Å². The molecule has 110 valence electrons. The molecule has 21 heavy (non-hydrogen) atoms. The summed E-state index contributed by atoms with van der Waals surface area (Å²) in [6, 6.07) is 11.6. The summed E-state index contributed by atoms with van der Waals surface area (Å²) in [5, 5.41) is 11.4. The Morgan fingerprint density at radius 2 is 2.14 bits per heavy atom. The van der Waals surface area contributed by atoms with Gasteiger partial charge in [-0.3, -0.25) is 4.79 Å². The second-order valence-corrected chi connectivity index (χ2v) is 5.86. The highest BCUT2D eigenvalue weighted by atomic mass is 32.1. The number of thiophene rings is 1. The average molecular weight is 303 g/mol. The van der Waals surface area contributed by atoms with Crippen molar-refractivity contribution in [3.05, 3.63) is 46.7 Å². The van der Waals surface area contributed by atoms with Crippen LogP contribution >= 0.6 is 11.3 Å². The Balaban J connectivity index is 1.90. The highest BCUT2D eigenvalue weighted by Gasteiger charge is 2.29. The lowest BCUT2D eigenvalue weighted by Gasteiger charge is -2.34. The van der Waals surface area contributed by atoms with Crippen LogP contribution in [0.15, 0.2) is 41.8 Å². The molecule has 0 spiro atoms. The van der Waals surface area contributed by atoms with Gasteiger partial charge < -0.3 is 14.7 Å². The van der Waals surface area contributed by atoms with Crippen molar-refractivity contribution < 1.29 is 14.6 Å². The van der Waals surface area contributed by atoms with Gasteiger partial charge in [0.1, 0.15) is 0 Å². The second kappa shape index (κ2) is 6.39. The van der Waals surface area contributed by atoms with E-state index in [2.05, 4.69) is 0 Å². The number of hydrogen-bond acceptors (Lipinski definition) is 4. The number of morpholine rings is 1. The number of ether oxygens (including phenoxy) is 1. The predicted molar refractivity (Wildman–Crippen MR) is 82.5 cm³/mol. The van der Waals surface area contributed by atoms with Crippen LogP contribution in [0.4, 0.5) is 0 Å². The lowest BCUT2D eigenvalue weighted by atomic mass is 10.1. The Hall–Kier alpha value is -1.69. The molecular formula is C16H17NO3S. The van der Waals surface area contributed by atoms with Crippen molar-refractivity contribution in [2.45, 2.75) is 6.04 Å². The molecule has 0 aliphatic carbocycles. The van der Waals surface area contributed by atoms with E-state index in [1.54, 1.807) is 4.90 Å². The molecule has 1 aromatic heterocycles. The minimum absolute atomic E-state index is 0.0220. The Bertz CT molecular complexity index is 611. The normalized spacial score (nSPS) is 18.7. The molecule has 0 saturated carbocycles. The van der Waals surface area contributed by atoms with Gasteiger partial charge >= 0.3 is 0 Å². The fourth-order valence-corrected chi connectivity index (χ4v) is 3.39. The van der Waals surface area contributed by atoms with E-state index in [1.807, 2.05) is 41.8 Å². The fraction of sp³-hybridized carbons (Fsp3) is 0.312. The Morgan fingerprint density at radius 1 is 1.33 bits per heavy atom. The maximum Gasteiger partial charge on any atom is 0.265 e. The van der Waals surface area contributed by atoms with E-state index in [9.17, 15) is 9.90 Å². The van der Waals surface area contributed by atoms with Crippen LogP contribution in [0.2, 0.25) is 0 Å². The summed E-state index contributed by atoms with van der Waals surface area (Å²) in [6.07, 6.45) is 0. The van der Waals surface area contributed by atoms with Crippen molar-refractivity contribution >= 4 is 17.2 Å². The Kier molecular flexibility index (Phi) is 4.34. The number of hydrogen-bond donors (Lipinski definition) is 1. The molecule has 2 aromatic rings. The molecule has 1 saturated heterocycles. The fourth-order valence-electron chi connectivity index (χ4n) is 2.52. The van der Waals surface area contributed by atoms with Crippen LogP contribution in [-0.2, 0) is 4.74 Å². The number of carbonyl (C=O) groups excluding carboxylic acids is 1. The molecule has 4 nitrogen and oxygen atoms in total. The number of rotatable bonds is 3. The van der Waals surface area contributed by atoms with Gasteiger partial charge in [-0.15, -0.1) is 11.3 Å². The molecule has 3 rings (SSSR count). The summed E-state index contributed by atoms with van der Waals surface area (Å²) in [5.41, 5.74) is 1.99. The average Bonchev–Trinajstić information content (AvgIpc) is 3.04. The maximum atomic E-state index is 12.8. The molecule has 1 amide bonds. The van der Waals surface area contributed by atoms with Gasteiger partial charge in [0.25, 0.3) is 5.91 Å². The van der Waals surface area contributed by atoms with Crippen LogP contribution in [0, 0.1) is 0 Å². The lowest BCUT2D eigenvalue weighted by Crippen LogP contribution is -2.50. The SMILES string of the molecule is O=C(c1sccc1-c1ccccc1)N1CCOCC1CO. The molecule has 0 bridgehead atoms. The first kappa shape index (κ1) is 14.3. The highest BCUT2D eigenvalue weighted by Crippen LogP contribution is 2.30. The van der Waals surface area contributed by atoms with E-state index in [0.29, 0.717) is 19.8 Å². The third-order valence-corrected chi connectivity index (χ3v) is 4.55. The van der Waals surface area contributed by atoms with E-state index >= 15 is 0 Å². The lowest BCUT2D eigenvalue weighted by molar-refractivity contribution is -0.0181. The minimum atomic E-state index is -0.253. The molecule has 1 aromatic carbocycles. The third-order valence-electron chi connectivity index (χ3n) is 3.64. The second-order valence-electron chi connectivity index (χ2n) is 4.94. The van der Waals surface area contributed by atoms with Crippen molar-refractivity contribution in [3.8, 4) is 11.1 Å². The first-order valence-electron chi connectivity index (χ1n) is 6.93. The van der Waals surface area contributed by atoms with E-state index < -0.39 is 0 Å². The zero-order valence-corrected chi connectivity index (χ0v) is 12.4. The van der Waals surface area contributed by atoms with Gasteiger partial charge in [0, 0.05) is 12.1 Å². The summed E-state index contributed by atoms with van der Waals surface area (Å²) in [5.74, 6) is -0.0220. The molecule has 5 heteroatoms. The summed E-state index contributed by atoms with van der Waals surface area (Å²) < 4.78 is 5.34. The third kappa shape index (κ3) is 2.85. The van der Waals surface area contributed by atoms with Gasteiger partial charge in [-0.2, -0.15) is 0 Å². The van der Waals surface area contributed by atoms with Crippen LogP contribution in [0.3, 0.4) is 0 Å². The molecule has 1 N–H and O–H groups in total. The van der Waals surface area contributed by atoms with E-state index in [0.717, 1.165) is 16.0 Å². The molecule has 1 unspecified atom stereocenters. The molecule has 1 aliphatic rings. The van der Waals surface area contributed by atoms with E-state index in [-0.39, 0.29) is 18.6 Å². The van der Waals surface area contributed by atoms with Crippen LogP contribution in [-0.4, -0.2) is 48.3 Å². The first-order chi connectivity index (χ1) is 10.3. The van der Waals surface area contributed by atoms with E-state index in [1.165, 1.54) is 11.3 Å². The van der Waals surface area contributed by atoms with Gasteiger partial charge in [0.15, 0.2) is 0 Å². The number of carbonyl (C=O) groups is 1. The molecular weight excluding hydrogens is 286 g/mol. The summed E-state index contributed by atoms with van der Waals surface area (Å²) in [6.45, 7) is 1.37. The number of nitrogens with zero attached hydrogens (tertiary/aromatic N) is 1. The number of aliphatic hydroxyl groups excluding tert-OH is 1. The zero-order valence-electron chi connectivity index (χ0n) is 11.6. The predicted octanol–water partition coefficient (Wildman–Crippen LogP) is 2.25. The molecule has 1 fully saturated rings. The summed E-state index contributed by atoms with van der Waals surface area (Å²) >= 11 is 1.45. The topological polar surface area (TPSA) is 49.8 Å². The zero-order chi connectivity index (χ0) is 14.7. The number of aliphatic hydroxyl groups is 1. The summed E-state index contributed by atoms with van der Waals surface area (Å²) in [7, 11) is 0. The Morgan fingerprint density at radius 3 is 2.90 bits per heavy atom. The number of amides is 1. The van der Waals surface area contributed by atoms with Gasteiger partial charge in [-0.25, -0.2) is 0 Å². The van der Waals surface area contributed by atoms with Crippen LogP contribution in [0.25, 0.3) is 11.1 Å². The van der Waals surface area contributed by atoms with Crippen LogP contribution in [0.5, 0.6) is 0 Å². The molecule has 1 atom stereocenters. The standard InChI is InChI=1S/C16H17NO3S/c18-10-13-11-20-8-7-17(13)16(19)15-14(6-9-21-15)12-4-2-1-3-5-12/h1-6,9,13,18H,7-8,10-11H2. The van der Waals surface area contributed by atoms with Crippen molar-refractivity contribution in [3.63, 3.8) is 0 Å². The smallest absolute Gasteiger partial charge is 0.265 e. The minimum Gasteiger partial charge on any atom is -0.394 e. The quantitative estimate of drug-likeness (QED) is 0.946. The van der Waals surface area contributed by atoms with Crippen LogP contribution in [0.1, 0.15) is 9.67 Å². The Labute approximate surface area is 127 Å². The molecule has 0 radical (unpaired) electrons. The van der Waals surface area contributed by atoms with Crippen molar-refractivity contribution in [1.82, 2.24) is 4.90 Å². The highest BCUT2D eigenvalue weighted by molar-refractivity contribution is 7.12. The number of benzene rings is 1. The van der Waals surface area contributed by atoms with Crippen LogP contribution < -0.4 is 0 Å². The monoisotopic (exact) mass is 303 g/mol. The van der Waals surface area contributed by atoms with Gasteiger partial charge in [0.2, 0.25) is 0 Å². The van der Waals surface area contributed by atoms with Gasteiger partial charge in [-0.1, -0.05) is 30.3 Å². The molecule has 1 aliphatic heterocycles. The largest absolute Gasteiger partial charge is 0.394 e. The molecule has 2 heterocycles. The van der Waals surface area contributed by atoms with Gasteiger partial charge in [-0.05, 0) is 17.0 Å². The maximum absolute atomic E-state index is 12.8.